The summed E-state index contributed by atoms with van der Waals surface area (Å²) < 4.78 is 38.3. The van der Waals surface area contributed by atoms with Gasteiger partial charge in [-0.2, -0.15) is 18.4 Å². The molecule has 1 saturated carbocycles. The van der Waals surface area contributed by atoms with E-state index in [2.05, 4.69) is 0 Å². The van der Waals surface area contributed by atoms with Gasteiger partial charge in [0.1, 0.15) is 0 Å². The Hall–Kier alpha value is -2.23. The average Bonchev–Trinajstić information content (AvgIpc) is 3.21. The van der Waals surface area contributed by atoms with Crippen LogP contribution in [0.4, 0.5) is 18.9 Å². The van der Waals surface area contributed by atoms with E-state index in [-0.39, 0.29) is 19.0 Å². The molecule has 1 fully saturated rings. The van der Waals surface area contributed by atoms with Gasteiger partial charge in [0.05, 0.1) is 23.6 Å². The molecule has 4 nitrogen and oxygen atoms in total. The minimum atomic E-state index is -4.57. The van der Waals surface area contributed by atoms with E-state index in [1.54, 1.807) is 11.0 Å². The van der Waals surface area contributed by atoms with Crippen molar-refractivity contribution < 1.29 is 23.1 Å². The number of carbonyl (C=O) groups is 1. The first kappa shape index (κ1) is 15.2. The number of hydrogen-bond donors (Lipinski definition) is 1. The van der Waals surface area contributed by atoms with Crippen molar-refractivity contribution in [2.75, 3.05) is 11.4 Å². The second-order valence-corrected chi connectivity index (χ2v) is 4.91. The SMILES string of the molecule is N#Cc1cc(N(CCC(=O)O)C2CC2)ccc1C(F)(F)F. The molecule has 1 aromatic rings. The molecule has 0 heterocycles. The van der Waals surface area contributed by atoms with Gasteiger partial charge in [-0.3, -0.25) is 4.79 Å². The maximum atomic E-state index is 12.8. The largest absolute Gasteiger partial charge is 0.481 e. The fourth-order valence-electron chi connectivity index (χ4n) is 2.18. The van der Waals surface area contributed by atoms with Gasteiger partial charge in [0.25, 0.3) is 0 Å². The zero-order valence-corrected chi connectivity index (χ0v) is 11.0. The number of carboxylic acid groups (broad SMARTS) is 1. The van der Waals surface area contributed by atoms with Crippen molar-refractivity contribution in [1.82, 2.24) is 0 Å². The number of halogens is 3. The summed E-state index contributed by atoms with van der Waals surface area (Å²) in [6.45, 7) is 0.218. The molecule has 1 aliphatic rings. The predicted molar refractivity (Wildman–Crippen MR) is 68.8 cm³/mol. The molecule has 112 valence electrons. The summed E-state index contributed by atoms with van der Waals surface area (Å²) in [5.41, 5.74) is -0.952. The van der Waals surface area contributed by atoms with Crippen molar-refractivity contribution in [3.05, 3.63) is 29.3 Å². The van der Waals surface area contributed by atoms with Gasteiger partial charge >= 0.3 is 12.1 Å². The van der Waals surface area contributed by atoms with Crippen LogP contribution in [0.5, 0.6) is 0 Å². The van der Waals surface area contributed by atoms with E-state index < -0.39 is 23.3 Å². The van der Waals surface area contributed by atoms with E-state index in [1.165, 1.54) is 12.1 Å². The third-order valence-corrected chi connectivity index (χ3v) is 3.31. The Kier molecular flexibility index (Phi) is 4.07. The van der Waals surface area contributed by atoms with E-state index in [0.29, 0.717) is 5.69 Å². The number of nitrogens with zero attached hydrogens (tertiary/aromatic N) is 2. The maximum Gasteiger partial charge on any atom is 0.417 e. The van der Waals surface area contributed by atoms with Gasteiger partial charge in [0.2, 0.25) is 0 Å². The van der Waals surface area contributed by atoms with Crippen LogP contribution >= 0.6 is 0 Å². The zero-order valence-electron chi connectivity index (χ0n) is 11.0. The van der Waals surface area contributed by atoms with E-state index in [9.17, 15) is 18.0 Å². The van der Waals surface area contributed by atoms with Gasteiger partial charge in [-0.25, -0.2) is 0 Å². The van der Waals surface area contributed by atoms with Crippen LogP contribution in [0.1, 0.15) is 30.4 Å². The molecule has 0 aromatic heterocycles. The number of benzene rings is 1. The Labute approximate surface area is 119 Å². The Morgan fingerprint density at radius 1 is 1.43 bits per heavy atom. The summed E-state index contributed by atoms with van der Waals surface area (Å²) in [5.74, 6) is -0.965. The van der Waals surface area contributed by atoms with Crippen LogP contribution < -0.4 is 4.90 Å². The topological polar surface area (TPSA) is 64.3 Å². The van der Waals surface area contributed by atoms with Crippen LogP contribution in [0.25, 0.3) is 0 Å². The highest BCUT2D eigenvalue weighted by atomic mass is 19.4. The summed E-state index contributed by atoms with van der Waals surface area (Å²) >= 11 is 0. The molecule has 1 aliphatic carbocycles. The first-order valence-electron chi connectivity index (χ1n) is 6.42. The van der Waals surface area contributed by atoms with Gasteiger partial charge in [-0.1, -0.05) is 0 Å². The summed E-state index contributed by atoms with van der Waals surface area (Å²) in [7, 11) is 0. The van der Waals surface area contributed by atoms with Gasteiger partial charge in [-0.15, -0.1) is 0 Å². The van der Waals surface area contributed by atoms with Crippen LogP contribution in [0.15, 0.2) is 18.2 Å². The highest BCUT2D eigenvalue weighted by molar-refractivity contribution is 5.68. The molecule has 0 saturated heterocycles. The van der Waals surface area contributed by atoms with E-state index in [4.69, 9.17) is 10.4 Å². The summed E-state index contributed by atoms with van der Waals surface area (Å²) in [6.07, 6.45) is -2.92. The number of aliphatic carboxylic acids is 1. The molecular formula is C14H13F3N2O2. The quantitative estimate of drug-likeness (QED) is 0.907. The highest BCUT2D eigenvalue weighted by Crippen LogP contribution is 2.36. The minimum absolute atomic E-state index is 0.0978. The van der Waals surface area contributed by atoms with Gasteiger partial charge in [0, 0.05) is 18.3 Å². The van der Waals surface area contributed by atoms with Crippen molar-refractivity contribution in [2.45, 2.75) is 31.5 Å². The van der Waals surface area contributed by atoms with Crippen molar-refractivity contribution in [2.24, 2.45) is 0 Å². The molecule has 1 aromatic carbocycles. The second-order valence-electron chi connectivity index (χ2n) is 4.91. The highest BCUT2D eigenvalue weighted by Gasteiger charge is 2.35. The normalized spacial score (nSPS) is 14.6. The first-order chi connectivity index (χ1) is 9.82. The molecule has 0 bridgehead atoms. The summed E-state index contributed by atoms with van der Waals surface area (Å²) in [5, 5.41) is 17.6. The van der Waals surface area contributed by atoms with E-state index >= 15 is 0 Å². The molecule has 0 atom stereocenters. The Morgan fingerprint density at radius 3 is 2.57 bits per heavy atom. The third-order valence-electron chi connectivity index (χ3n) is 3.31. The fraction of sp³-hybridized carbons (Fsp3) is 0.429. The molecule has 2 rings (SSSR count). The number of anilines is 1. The molecule has 0 spiro atoms. The first-order valence-corrected chi connectivity index (χ1v) is 6.42. The fourth-order valence-corrected chi connectivity index (χ4v) is 2.18. The summed E-state index contributed by atoms with van der Waals surface area (Å²) in [4.78, 5) is 12.4. The predicted octanol–water partition coefficient (Wildman–Crippen LogP) is 3.02. The van der Waals surface area contributed by atoms with Crippen molar-refractivity contribution in [1.29, 1.82) is 5.26 Å². The molecule has 1 N–H and O–H groups in total. The standard InChI is InChI=1S/C14H13F3N2O2/c15-14(16,17)12-4-3-11(7-9(12)8-18)19(10-1-2-10)6-5-13(20)21/h3-4,7,10H,1-2,5-6H2,(H,20,21). The maximum absolute atomic E-state index is 12.8. The zero-order chi connectivity index (χ0) is 15.6. The van der Waals surface area contributed by atoms with Crippen LogP contribution in [-0.2, 0) is 11.0 Å². The number of hydrogen-bond acceptors (Lipinski definition) is 3. The molecule has 0 radical (unpaired) electrons. The van der Waals surface area contributed by atoms with Crippen molar-refractivity contribution in [3.63, 3.8) is 0 Å². The molecular weight excluding hydrogens is 285 g/mol. The van der Waals surface area contributed by atoms with Gasteiger partial charge < -0.3 is 10.0 Å². The molecule has 21 heavy (non-hydrogen) atoms. The third kappa shape index (κ3) is 3.66. The monoisotopic (exact) mass is 298 g/mol. The number of rotatable bonds is 5. The van der Waals surface area contributed by atoms with Crippen molar-refractivity contribution in [3.8, 4) is 6.07 Å². The Morgan fingerprint density at radius 2 is 2.10 bits per heavy atom. The number of carboxylic acids is 1. The lowest BCUT2D eigenvalue weighted by molar-refractivity contribution is -0.138. The minimum Gasteiger partial charge on any atom is -0.481 e. The van der Waals surface area contributed by atoms with Crippen LogP contribution in [0.2, 0.25) is 0 Å². The lowest BCUT2D eigenvalue weighted by Gasteiger charge is -2.24. The lowest BCUT2D eigenvalue weighted by Crippen LogP contribution is -2.28. The van der Waals surface area contributed by atoms with E-state index in [1.807, 2.05) is 0 Å². The number of alkyl halides is 3. The molecule has 0 unspecified atom stereocenters. The van der Waals surface area contributed by atoms with Crippen LogP contribution in [0, 0.1) is 11.3 Å². The second kappa shape index (κ2) is 5.64. The van der Waals surface area contributed by atoms with E-state index in [0.717, 1.165) is 18.9 Å². The average molecular weight is 298 g/mol. The van der Waals surface area contributed by atoms with Gasteiger partial charge in [0.15, 0.2) is 0 Å². The smallest absolute Gasteiger partial charge is 0.417 e. The number of nitriles is 1. The Balaban J connectivity index is 2.30. The summed E-state index contributed by atoms with van der Waals surface area (Å²) in [6, 6.07) is 5.06. The van der Waals surface area contributed by atoms with Crippen molar-refractivity contribution >= 4 is 11.7 Å². The molecule has 0 amide bonds. The van der Waals surface area contributed by atoms with Crippen LogP contribution in [0.3, 0.4) is 0 Å². The molecule has 7 heteroatoms. The van der Waals surface area contributed by atoms with Gasteiger partial charge in [-0.05, 0) is 31.0 Å². The van der Waals surface area contributed by atoms with Crippen LogP contribution in [-0.4, -0.2) is 23.7 Å². The lowest BCUT2D eigenvalue weighted by atomic mass is 10.1. The Bertz CT molecular complexity index is 589. The molecule has 0 aliphatic heterocycles.